The fraction of sp³-hybridized carbons (Fsp3) is 0.259. The maximum atomic E-state index is 14.2. The minimum Gasteiger partial charge on any atom is -0.485 e. The molecule has 1 aliphatic heterocycles. The first-order chi connectivity index (χ1) is 16.5. The van der Waals surface area contributed by atoms with Crippen LogP contribution in [0.1, 0.15) is 37.9 Å². The highest BCUT2D eigenvalue weighted by Gasteiger charge is 2.25. The van der Waals surface area contributed by atoms with Crippen molar-refractivity contribution in [1.82, 2.24) is 0 Å². The van der Waals surface area contributed by atoms with E-state index in [-0.39, 0.29) is 28.6 Å². The summed E-state index contributed by atoms with van der Waals surface area (Å²) in [5.74, 6) is 0.556. The van der Waals surface area contributed by atoms with Crippen molar-refractivity contribution in [2.24, 2.45) is 10.1 Å². The Hall–Kier alpha value is -3.38. The second-order valence-electron chi connectivity index (χ2n) is 7.91. The summed E-state index contributed by atoms with van der Waals surface area (Å²) in [6.07, 6.45) is -0.185. The minimum absolute atomic E-state index is 0.185. The average Bonchev–Trinajstić information content (AvgIpc) is 3.33. The molecule has 0 bridgehead atoms. The molecule has 2 unspecified atom stereocenters. The molecular weight excluding hydrogens is 455 g/mol. The van der Waals surface area contributed by atoms with Crippen LogP contribution in [0, 0.1) is 5.82 Å². The molecule has 2 atom stereocenters. The molecule has 0 aromatic heterocycles. The maximum absolute atomic E-state index is 14.2. The number of hydrogen-bond donors (Lipinski definition) is 0. The lowest BCUT2D eigenvalue weighted by Crippen LogP contribution is -2.21. The normalized spacial score (nSPS) is 16.6. The second kappa shape index (κ2) is 10.7. The van der Waals surface area contributed by atoms with Gasteiger partial charge in [-0.15, -0.1) is 0 Å². The maximum Gasteiger partial charge on any atom is 0.221 e. The van der Waals surface area contributed by atoms with Gasteiger partial charge in [-0.3, -0.25) is 0 Å². The van der Waals surface area contributed by atoms with Crippen LogP contribution in [-0.2, 0) is 9.57 Å². The van der Waals surface area contributed by atoms with E-state index in [1.165, 1.54) is 6.07 Å². The van der Waals surface area contributed by atoms with Crippen molar-refractivity contribution >= 4 is 23.2 Å². The Balaban J connectivity index is 1.43. The van der Waals surface area contributed by atoms with E-state index in [0.717, 1.165) is 28.2 Å². The Labute approximate surface area is 203 Å². The second-order valence-corrected chi connectivity index (χ2v) is 8.32. The van der Waals surface area contributed by atoms with Crippen molar-refractivity contribution in [3.8, 4) is 16.9 Å². The highest BCUT2D eigenvalue weighted by molar-refractivity contribution is 6.33. The number of hydrogen-bond acceptors (Lipinski definition) is 5. The van der Waals surface area contributed by atoms with Gasteiger partial charge < -0.3 is 14.3 Å². The van der Waals surface area contributed by atoms with Crippen molar-refractivity contribution in [2.75, 3.05) is 13.2 Å². The van der Waals surface area contributed by atoms with Crippen LogP contribution in [0.4, 0.5) is 4.39 Å². The van der Waals surface area contributed by atoms with Crippen LogP contribution in [0.3, 0.4) is 0 Å². The number of nitrogens with zero attached hydrogens (tertiary/aromatic N) is 2. The first-order valence-corrected chi connectivity index (χ1v) is 11.5. The molecule has 1 heterocycles. The Morgan fingerprint density at radius 2 is 1.79 bits per heavy atom. The van der Waals surface area contributed by atoms with Gasteiger partial charge in [0.25, 0.3) is 0 Å². The summed E-state index contributed by atoms with van der Waals surface area (Å²) in [7, 11) is 0. The number of benzene rings is 3. The van der Waals surface area contributed by atoms with E-state index in [1.54, 1.807) is 12.1 Å². The molecule has 0 N–H and O–H groups in total. The van der Waals surface area contributed by atoms with Gasteiger partial charge in [0.1, 0.15) is 36.9 Å². The molecule has 0 spiro atoms. The van der Waals surface area contributed by atoms with Gasteiger partial charge >= 0.3 is 0 Å². The summed E-state index contributed by atoms with van der Waals surface area (Å²) in [4.78, 5) is 9.65. The van der Waals surface area contributed by atoms with Gasteiger partial charge in [-0.05, 0) is 61.7 Å². The molecule has 1 aliphatic rings. The number of ether oxygens (including phenoxy) is 2. The average molecular weight is 481 g/mol. The predicted molar refractivity (Wildman–Crippen MR) is 133 cm³/mol. The fourth-order valence-corrected chi connectivity index (χ4v) is 3.78. The van der Waals surface area contributed by atoms with Crippen LogP contribution >= 0.6 is 11.6 Å². The summed E-state index contributed by atoms with van der Waals surface area (Å²) in [5, 5.41) is 4.31. The van der Waals surface area contributed by atoms with Crippen molar-refractivity contribution < 1.29 is 18.7 Å². The molecule has 7 heteroatoms. The van der Waals surface area contributed by atoms with Crippen molar-refractivity contribution in [1.29, 1.82) is 0 Å². The molecule has 0 amide bonds. The fourth-order valence-electron chi connectivity index (χ4n) is 3.54. The van der Waals surface area contributed by atoms with Crippen LogP contribution in [0.2, 0.25) is 5.02 Å². The van der Waals surface area contributed by atoms with Crippen LogP contribution in [0.25, 0.3) is 11.1 Å². The van der Waals surface area contributed by atoms with E-state index in [1.807, 2.05) is 69.3 Å². The molecular formula is C27H26ClFN2O3. The minimum atomic E-state index is -0.444. The SMILES string of the molecule is CCO/N=C(/C)C(C)Oc1ccc(-c2ccc(C3COC(c4c(F)cccc4Cl)=N3)cc2)cc1. The zero-order valence-corrected chi connectivity index (χ0v) is 20.1. The molecule has 176 valence electrons. The van der Waals surface area contributed by atoms with E-state index in [2.05, 4.69) is 10.1 Å². The van der Waals surface area contributed by atoms with Gasteiger partial charge in [0.05, 0.1) is 16.3 Å². The van der Waals surface area contributed by atoms with Gasteiger partial charge in [-0.1, -0.05) is 59.2 Å². The van der Waals surface area contributed by atoms with E-state index in [9.17, 15) is 4.39 Å². The Kier molecular flexibility index (Phi) is 7.48. The molecule has 0 fully saturated rings. The molecule has 34 heavy (non-hydrogen) atoms. The van der Waals surface area contributed by atoms with Gasteiger partial charge in [0.2, 0.25) is 5.90 Å². The predicted octanol–water partition coefficient (Wildman–Crippen LogP) is 6.84. The number of rotatable bonds is 8. The van der Waals surface area contributed by atoms with E-state index < -0.39 is 5.82 Å². The van der Waals surface area contributed by atoms with Crippen molar-refractivity contribution in [3.63, 3.8) is 0 Å². The third-order valence-electron chi connectivity index (χ3n) is 5.55. The zero-order valence-electron chi connectivity index (χ0n) is 19.3. The Morgan fingerprint density at radius 1 is 1.12 bits per heavy atom. The molecule has 0 radical (unpaired) electrons. The standard InChI is InChI=1S/C27H26ClFN2O3/c1-4-33-31-17(2)18(3)34-22-14-12-20(13-15-22)19-8-10-21(11-9-19)25-16-32-27(30-25)26-23(28)6-5-7-24(26)29/h5-15,18,25H,4,16H2,1-3H3/b31-17-. The van der Waals surface area contributed by atoms with Gasteiger partial charge in [-0.2, -0.15) is 0 Å². The largest absolute Gasteiger partial charge is 0.485 e. The number of oxime groups is 1. The van der Waals surface area contributed by atoms with Crippen LogP contribution in [0.15, 0.2) is 76.9 Å². The lowest BCUT2D eigenvalue weighted by molar-refractivity contribution is 0.153. The van der Waals surface area contributed by atoms with E-state index >= 15 is 0 Å². The molecule has 0 saturated carbocycles. The summed E-state index contributed by atoms with van der Waals surface area (Å²) in [6.45, 7) is 6.57. The Morgan fingerprint density at radius 3 is 2.44 bits per heavy atom. The van der Waals surface area contributed by atoms with Gasteiger partial charge in [0, 0.05) is 0 Å². The van der Waals surface area contributed by atoms with E-state index in [4.69, 9.17) is 25.9 Å². The van der Waals surface area contributed by atoms with Crippen molar-refractivity contribution in [2.45, 2.75) is 32.9 Å². The topological polar surface area (TPSA) is 52.4 Å². The highest BCUT2D eigenvalue weighted by Crippen LogP contribution is 2.31. The van der Waals surface area contributed by atoms with Crippen LogP contribution in [0.5, 0.6) is 5.75 Å². The molecule has 4 rings (SSSR count). The monoisotopic (exact) mass is 480 g/mol. The lowest BCUT2D eigenvalue weighted by Gasteiger charge is -2.14. The highest BCUT2D eigenvalue weighted by atomic mass is 35.5. The molecule has 5 nitrogen and oxygen atoms in total. The summed E-state index contributed by atoms with van der Waals surface area (Å²) >= 11 is 6.15. The third kappa shape index (κ3) is 5.39. The molecule has 0 aliphatic carbocycles. The quantitative estimate of drug-likeness (QED) is 0.262. The van der Waals surface area contributed by atoms with Crippen LogP contribution < -0.4 is 4.74 Å². The molecule has 3 aromatic carbocycles. The van der Waals surface area contributed by atoms with Crippen LogP contribution in [-0.4, -0.2) is 30.9 Å². The zero-order chi connectivity index (χ0) is 24.1. The Bertz CT molecular complexity index is 1170. The summed E-state index contributed by atoms with van der Waals surface area (Å²) < 4.78 is 25.8. The van der Waals surface area contributed by atoms with Gasteiger partial charge in [0.15, 0.2) is 0 Å². The first-order valence-electron chi connectivity index (χ1n) is 11.1. The molecule has 0 saturated heterocycles. The smallest absolute Gasteiger partial charge is 0.221 e. The lowest BCUT2D eigenvalue weighted by atomic mass is 10.0. The van der Waals surface area contributed by atoms with E-state index in [0.29, 0.717) is 13.2 Å². The summed E-state index contributed by atoms with van der Waals surface area (Å²) in [5.41, 5.74) is 4.11. The summed E-state index contributed by atoms with van der Waals surface area (Å²) in [6, 6.07) is 20.3. The third-order valence-corrected chi connectivity index (χ3v) is 5.86. The first kappa shape index (κ1) is 23.8. The van der Waals surface area contributed by atoms with Crippen molar-refractivity contribution in [3.05, 3.63) is 88.7 Å². The number of aliphatic imine (C=N–C) groups is 1. The number of halogens is 2. The molecule has 3 aromatic rings. The van der Waals surface area contributed by atoms with Gasteiger partial charge in [-0.25, -0.2) is 9.38 Å².